The second-order valence-corrected chi connectivity index (χ2v) is 4.47. The molecular formula is C10H18F2IN3. The molecule has 1 aliphatic heterocycles. The summed E-state index contributed by atoms with van der Waals surface area (Å²) >= 11 is 0. The molecular weight excluding hydrogens is 327 g/mol. The van der Waals surface area contributed by atoms with Gasteiger partial charge in [0, 0.05) is 33.0 Å². The van der Waals surface area contributed by atoms with Gasteiger partial charge in [-0.1, -0.05) is 0 Å². The molecule has 0 spiro atoms. The maximum atomic E-state index is 12.9. The lowest BCUT2D eigenvalue weighted by molar-refractivity contribution is 0.00522. The van der Waals surface area contributed by atoms with E-state index in [1.165, 1.54) is 0 Å². The Bertz CT molecular complexity index is 271. The van der Waals surface area contributed by atoms with E-state index in [0.717, 1.165) is 19.0 Å². The van der Waals surface area contributed by atoms with E-state index in [-0.39, 0.29) is 42.7 Å². The van der Waals surface area contributed by atoms with Gasteiger partial charge in [-0.2, -0.15) is 0 Å². The number of likely N-dealkylation sites (N-methyl/N-ethyl adjacent to an activating group) is 1. The van der Waals surface area contributed by atoms with Crippen LogP contribution in [-0.2, 0) is 0 Å². The molecule has 3 nitrogen and oxygen atoms in total. The fourth-order valence-corrected chi connectivity index (χ4v) is 2.17. The first-order chi connectivity index (χ1) is 7.07. The summed E-state index contributed by atoms with van der Waals surface area (Å²) < 4.78 is 25.8. The van der Waals surface area contributed by atoms with Crippen LogP contribution < -0.4 is 5.32 Å². The van der Waals surface area contributed by atoms with Crippen LogP contribution in [0.25, 0.3) is 0 Å². The Labute approximate surface area is 112 Å². The Morgan fingerprint density at radius 2 is 2.31 bits per heavy atom. The van der Waals surface area contributed by atoms with E-state index in [9.17, 15) is 8.78 Å². The zero-order chi connectivity index (χ0) is 10.9. The zero-order valence-corrected chi connectivity index (χ0v) is 11.7. The van der Waals surface area contributed by atoms with Gasteiger partial charge in [0.25, 0.3) is 0 Å². The molecule has 0 aromatic rings. The van der Waals surface area contributed by atoms with Crippen LogP contribution in [-0.4, -0.2) is 43.5 Å². The maximum Gasteiger partial charge on any atom is 0.248 e. The number of nitrogens with one attached hydrogen (secondary N) is 1. The molecule has 1 unspecified atom stereocenters. The molecule has 2 rings (SSSR count). The molecule has 1 N–H and O–H groups in total. The van der Waals surface area contributed by atoms with E-state index in [1.54, 1.807) is 0 Å². The number of guanidine groups is 1. The highest BCUT2D eigenvalue weighted by molar-refractivity contribution is 14.0. The van der Waals surface area contributed by atoms with Gasteiger partial charge in [-0.3, -0.25) is 4.99 Å². The molecule has 1 aliphatic carbocycles. The average Bonchev–Trinajstić information content (AvgIpc) is 2.69. The number of halogens is 3. The van der Waals surface area contributed by atoms with Crippen molar-refractivity contribution in [2.24, 2.45) is 10.9 Å². The van der Waals surface area contributed by atoms with Gasteiger partial charge in [-0.25, -0.2) is 8.78 Å². The third-order valence-corrected chi connectivity index (χ3v) is 3.11. The highest BCUT2D eigenvalue weighted by Gasteiger charge is 2.39. The summed E-state index contributed by atoms with van der Waals surface area (Å²) in [4.78, 5) is 6.28. The van der Waals surface area contributed by atoms with Crippen molar-refractivity contribution in [2.45, 2.75) is 25.2 Å². The van der Waals surface area contributed by atoms with Crippen molar-refractivity contribution >= 4 is 29.9 Å². The van der Waals surface area contributed by atoms with E-state index in [2.05, 4.69) is 10.3 Å². The Kier molecular flexibility index (Phi) is 4.75. The van der Waals surface area contributed by atoms with Crippen LogP contribution in [0.2, 0.25) is 0 Å². The minimum absolute atomic E-state index is 0. The number of aliphatic imine (C=N–C) groups is 1. The molecule has 94 valence electrons. The van der Waals surface area contributed by atoms with Crippen molar-refractivity contribution in [3.05, 3.63) is 0 Å². The SMILES string of the molecule is CN1CCN=C1NCC1CCC(F)(F)C1.I. The molecule has 0 aromatic heterocycles. The van der Waals surface area contributed by atoms with Gasteiger partial charge < -0.3 is 10.2 Å². The van der Waals surface area contributed by atoms with Crippen LogP contribution in [0, 0.1) is 5.92 Å². The van der Waals surface area contributed by atoms with Crippen molar-refractivity contribution in [3.8, 4) is 0 Å². The average molecular weight is 345 g/mol. The summed E-state index contributed by atoms with van der Waals surface area (Å²) in [6, 6.07) is 0. The van der Waals surface area contributed by atoms with Crippen LogP contribution in [0.1, 0.15) is 19.3 Å². The fraction of sp³-hybridized carbons (Fsp3) is 0.900. The first kappa shape index (κ1) is 13.9. The first-order valence-electron chi connectivity index (χ1n) is 5.44. The Hall–Kier alpha value is -0.140. The van der Waals surface area contributed by atoms with Gasteiger partial charge in [-0.15, -0.1) is 24.0 Å². The van der Waals surface area contributed by atoms with Gasteiger partial charge in [0.05, 0.1) is 6.54 Å². The van der Waals surface area contributed by atoms with Crippen LogP contribution in [0.4, 0.5) is 8.78 Å². The summed E-state index contributed by atoms with van der Waals surface area (Å²) in [7, 11) is 1.96. The lowest BCUT2D eigenvalue weighted by atomic mass is 10.1. The van der Waals surface area contributed by atoms with E-state index in [0.29, 0.717) is 13.0 Å². The van der Waals surface area contributed by atoms with Crippen molar-refractivity contribution in [2.75, 3.05) is 26.7 Å². The summed E-state index contributed by atoms with van der Waals surface area (Å²) in [6.45, 7) is 2.35. The normalized spacial score (nSPS) is 27.6. The predicted molar refractivity (Wildman–Crippen MR) is 70.6 cm³/mol. The maximum absolute atomic E-state index is 12.9. The number of nitrogens with zero attached hydrogens (tertiary/aromatic N) is 2. The largest absolute Gasteiger partial charge is 0.356 e. The van der Waals surface area contributed by atoms with Crippen LogP contribution >= 0.6 is 24.0 Å². The number of hydrogen-bond donors (Lipinski definition) is 1. The van der Waals surface area contributed by atoms with E-state index >= 15 is 0 Å². The third kappa shape index (κ3) is 3.43. The van der Waals surface area contributed by atoms with Gasteiger partial charge in [0.1, 0.15) is 0 Å². The van der Waals surface area contributed by atoms with Crippen molar-refractivity contribution in [3.63, 3.8) is 0 Å². The second-order valence-electron chi connectivity index (χ2n) is 4.47. The van der Waals surface area contributed by atoms with E-state index < -0.39 is 5.92 Å². The summed E-state index contributed by atoms with van der Waals surface area (Å²) in [5.41, 5.74) is 0. The zero-order valence-electron chi connectivity index (χ0n) is 9.38. The quantitative estimate of drug-likeness (QED) is 0.775. The molecule has 6 heteroatoms. The smallest absolute Gasteiger partial charge is 0.248 e. The number of alkyl halides is 2. The molecule has 1 fully saturated rings. The summed E-state index contributed by atoms with van der Waals surface area (Å²) in [5.74, 6) is -1.49. The molecule has 0 saturated heterocycles. The lowest BCUT2D eigenvalue weighted by Gasteiger charge is -2.17. The monoisotopic (exact) mass is 345 g/mol. The van der Waals surface area contributed by atoms with E-state index in [4.69, 9.17) is 0 Å². The van der Waals surface area contributed by atoms with Crippen LogP contribution in [0.15, 0.2) is 4.99 Å². The highest BCUT2D eigenvalue weighted by atomic mass is 127. The van der Waals surface area contributed by atoms with E-state index in [1.807, 2.05) is 11.9 Å². The van der Waals surface area contributed by atoms with Crippen molar-refractivity contribution in [1.82, 2.24) is 10.2 Å². The van der Waals surface area contributed by atoms with Crippen LogP contribution in [0.3, 0.4) is 0 Å². The van der Waals surface area contributed by atoms with Crippen molar-refractivity contribution < 1.29 is 8.78 Å². The topological polar surface area (TPSA) is 27.6 Å². The molecule has 0 radical (unpaired) electrons. The van der Waals surface area contributed by atoms with Crippen LogP contribution in [0.5, 0.6) is 0 Å². The highest BCUT2D eigenvalue weighted by Crippen LogP contribution is 2.38. The molecule has 0 aromatic carbocycles. The molecule has 2 aliphatic rings. The predicted octanol–water partition coefficient (Wildman–Crippen LogP) is 1.93. The number of hydrogen-bond acceptors (Lipinski definition) is 3. The lowest BCUT2D eigenvalue weighted by Crippen LogP contribution is -2.38. The van der Waals surface area contributed by atoms with Gasteiger partial charge in [-0.05, 0) is 12.3 Å². The minimum Gasteiger partial charge on any atom is -0.356 e. The molecule has 1 heterocycles. The first-order valence-corrected chi connectivity index (χ1v) is 5.44. The Balaban J connectivity index is 0.00000128. The molecule has 1 atom stereocenters. The Morgan fingerprint density at radius 1 is 1.56 bits per heavy atom. The van der Waals surface area contributed by atoms with Gasteiger partial charge >= 0.3 is 0 Å². The van der Waals surface area contributed by atoms with Gasteiger partial charge in [0.2, 0.25) is 5.92 Å². The summed E-state index contributed by atoms with van der Waals surface area (Å²) in [5, 5.41) is 3.15. The standard InChI is InChI=1S/C10H17F2N3.HI/c1-15-5-4-13-9(15)14-7-8-2-3-10(11,12)6-8;/h8H,2-7H2,1H3,(H,13,14);1H. The molecule has 16 heavy (non-hydrogen) atoms. The summed E-state index contributed by atoms with van der Waals surface area (Å²) in [6.07, 6.45) is 0.690. The third-order valence-electron chi connectivity index (χ3n) is 3.11. The Morgan fingerprint density at radius 3 is 2.81 bits per heavy atom. The van der Waals surface area contributed by atoms with Crippen molar-refractivity contribution in [1.29, 1.82) is 0 Å². The molecule has 1 saturated carbocycles. The second kappa shape index (κ2) is 5.46. The van der Waals surface area contributed by atoms with Gasteiger partial charge in [0.15, 0.2) is 5.96 Å². The minimum atomic E-state index is -2.43. The molecule has 0 bridgehead atoms. The number of rotatable bonds is 2. The molecule has 0 amide bonds. The fourth-order valence-electron chi connectivity index (χ4n) is 2.17.